The molecule has 0 spiro atoms. The zero-order chi connectivity index (χ0) is 17.9. The lowest BCUT2D eigenvalue weighted by Crippen LogP contribution is -2.48. The number of piperazine rings is 1. The average molecular weight is 425 g/mol. The Morgan fingerprint density at radius 2 is 1.72 bits per heavy atom. The maximum absolute atomic E-state index is 13.0. The Kier molecular flexibility index (Phi) is 5.78. The summed E-state index contributed by atoms with van der Waals surface area (Å²) in [4.78, 5) is 2.49. The fourth-order valence-corrected chi connectivity index (χ4v) is 5.08. The zero-order valence-corrected chi connectivity index (χ0v) is 16.5. The molecule has 0 aromatic heterocycles. The van der Waals surface area contributed by atoms with Crippen LogP contribution in [0, 0.1) is 0 Å². The van der Waals surface area contributed by atoms with Gasteiger partial charge in [-0.1, -0.05) is 46.3 Å². The Morgan fingerprint density at radius 3 is 2.36 bits per heavy atom. The smallest absolute Gasteiger partial charge is 0.246 e. The molecule has 5 nitrogen and oxygen atoms in total. The molecule has 3 rings (SSSR count). The van der Waals surface area contributed by atoms with Crippen LogP contribution in [0.15, 0.2) is 57.9 Å². The van der Waals surface area contributed by atoms with Crippen LogP contribution in [0.25, 0.3) is 0 Å². The van der Waals surface area contributed by atoms with Crippen molar-refractivity contribution in [2.75, 3.05) is 33.3 Å². The molecule has 7 heteroatoms. The summed E-state index contributed by atoms with van der Waals surface area (Å²) < 4.78 is 33.5. The normalized spacial score (nSPS) is 16.7. The zero-order valence-electron chi connectivity index (χ0n) is 14.1. The lowest BCUT2D eigenvalue weighted by atomic mass is 10.2. The number of hydrogen-bond acceptors (Lipinski definition) is 4. The molecule has 1 aliphatic rings. The molecule has 0 unspecified atom stereocenters. The molecule has 1 saturated heterocycles. The summed E-state index contributed by atoms with van der Waals surface area (Å²) in [5.41, 5.74) is 1.24. The quantitative estimate of drug-likeness (QED) is 0.739. The van der Waals surface area contributed by atoms with Crippen LogP contribution < -0.4 is 4.74 Å². The Balaban J connectivity index is 1.71. The summed E-state index contributed by atoms with van der Waals surface area (Å²) in [6.45, 7) is 3.22. The molecule has 0 amide bonds. The molecular weight excluding hydrogens is 404 g/mol. The van der Waals surface area contributed by atoms with Crippen molar-refractivity contribution in [1.82, 2.24) is 9.21 Å². The second-order valence-electron chi connectivity index (χ2n) is 5.96. The number of ether oxygens (including phenoxy) is 1. The van der Waals surface area contributed by atoms with Crippen molar-refractivity contribution in [3.05, 3.63) is 58.6 Å². The van der Waals surface area contributed by atoms with Crippen molar-refractivity contribution < 1.29 is 13.2 Å². The summed E-state index contributed by atoms with van der Waals surface area (Å²) >= 11 is 3.34. The van der Waals surface area contributed by atoms with Crippen molar-refractivity contribution in [3.8, 4) is 5.75 Å². The maximum Gasteiger partial charge on any atom is 0.246 e. The highest BCUT2D eigenvalue weighted by molar-refractivity contribution is 9.10. The van der Waals surface area contributed by atoms with Gasteiger partial charge in [0.25, 0.3) is 0 Å². The Morgan fingerprint density at radius 1 is 1.04 bits per heavy atom. The van der Waals surface area contributed by atoms with Gasteiger partial charge < -0.3 is 4.74 Å². The second kappa shape index (κ2) is 7.86. The molecule has 25 heavy (non-hydrogen) atoms. The molecule has 0 bridgehead atoms. The number of hydrogen-bond donors (Lipinski definition) is 0. The summed E-state index contributed by atoms with van der Waals surface area (Å²) in [6, 6.07) is 15.3. The minimum atomic E-state index is -3.57. The highest BCUT2D eigenvalue weighted by Gasteiger charge is 2.31. The van der Waals surface area contributed by atoms with Gasteiger partial charge in [-0.25, -0.2) is 8.42 Å². The van der Waals surface area contributed by atoms with Gasteiger partial charge in [0, 0.05) is 37.2 Å². The topological polar surface area (TPSA) is 49.9 Å². The lowest BCUT2D eigenvalue weighted by Gasteiger charge is -2.34. The van der Waals surface area contributed by atoms with Gasteiger partial charge in [0.2, 0.25) is 10.0 Å². The van der Waals surface area contributed by atoms with E-state index in [1.165, 1.54) is 12.7 Å². The van der Waals surface area contributed by atoms with Crippen LogP contribution in [0.5, 0.6) is 5.75 Å². The number of sulfonamides is 1. The van der Waals surface area contributed by atoms with Crippen LogP contribution in [0.1, 0.15) is 5.56 Å². The highest BCUT2D eigenvalue weighted by atomic mass is 79.9. The molecule has 134 valence electrons. The van der Waals surface area contributed by atoms with Gasteiger partial charge in [-0.05, 0) is 23.8 Å². The first-order valence-corrected chi connectivity index (χ1v) is 10.3. The molecule has 0 N–H and O–H groups in total. The van der Waals surface area contributed by atoms with Crippen molar-refractivity contribution in [2.24, 2.45) is 0 Å². The number of benzene rings is 2. The van der Waals surface area contributed by atoms with Gasteiger partial charge in [-0.2, -0.15) is 4.31 Å². The fraction of sp³-hybridized carbons (Fsp3) is 0.333. The van der Waals surface area contributed by atoms with E-state index in [4.69, 9.17) is 4.74 Å². The second-order valence-corrected chi connectivity index (χ2v) is 8.78. The molecule has 0 radical (unpaired) electrons. The van der Waals surface area contributed by atoms with Crippen LogP contribution in [0.4, 0.5) is 0 Å². The molecule has 0 aliphatic carbocycles. The molecule has 0 atom stereocenters. The van der Waals surface area contributed by atoms with Crippen molar-refractivity contribution in [2.45, 2.75) is 11.4 Å². The molecule has 1 heterocycles. The van der Waals surface area contributed by atoms with E-state index in [1.807, 2.05) is 18.2 Å². The largest absolute Gasteiger partial charge is 0.495 e. The van der Waals surface area contributed by atoms with E-state index in [-0.39, 0.29) is 4.90 Å². The first kappa shape index (κ1) is 18.4. The van der Waals surface area contributed by atoms with E-state index in [1.54, 1.807) is 22.5 Å². The minimum Gasteiger partial charge on any atom is -0.495 e. The number of nitrogens with zero attached hydrogens (tertiary/aromatic N) is 2. The predicted molar refractivity (Wildman–Crippen MR) is 101 cm³/mol. The SMILES string of the molecule is COc1ccc(Br)cc1S(=O)(=O)N1CCN(Cc2ccccc2)CC1. The minimum absolute atomic E-state index is 0.209. The van der Waals surface area contributed by atoms with Gasteiger partial charge in [0.15, 0.2) is 0 Å². The molecule has 2 aromatic carbocycles. The Labute approximate surface area is 157 Å². The maximum atomic E-state index is 13.0. The summed E-state index contributed by atoms with van der Waals surface area (Å²) in [6.07, 6.45) is 0. The number of rotatable bonds is 5. The summed E-state index contributed by atoms with van der Waals surface area (Å²) in [5, 5.41) is 0. The number of methoxy groups -OCH3 is 1. The van der Waals surface area contributed by atoms with Gasteiger partial charge in [-0.15, -0.1) is 0 Å². The van der Waals surface area contributed by atoms with E-state index >= 15 is 0 Å². The third-order valence-corrected chi connectivity index (χ3v) is 6.74. The van der Waals surface area contributed by atoms with Crippen LogP contribution in [-0.4, -0.2) is 50.9 Å². The standard InChI is InChI=1S/C18H21BrN2O3S/c1-24-17-8-7-16(19)13-18(17)25(22,23)21-11-9-20(10-12-21)14-15-5-3-2-4-6-15/h2-8,13H,9-12,14H2,1H3. The van der Waals surface area contributed by atoms with Gasteiger partial charge >= 0.3 is 0 Å². The van der Waals surface area contributed by atoms with Crippen LogP contribution in [0.2, 0.25) is 0 Å². The Hall–Kier alpha value is -1.41. The highest BCUT2D eigenvalue weighted by Crippen LogP contribution is 2.30. The van der Waals surface area contributed by atoms with Gasteiger partial charge in [0.05, 0.1) is 7.11 Å². The van der Waals surface area contributed by atoms with Gasteiger partial charge in [-0.3, -0.25) is 4.90 Å². The van der Waals surface area contributed by atoms with Crippen LogP contribution in [-0.2, 0) is 16.6 Å². The predicted octanol–water partition coefficient (Wildman–Crippen LogP) is 2.96. The van der Waals surface area contributed by atoms with E-state index in [0.717, 1.165) is 11.0 Å². The van der Waals surface area contributed by atoms with Crippen molar-refractivity contribution >= 4 is 26.0 Å². The third-order valence-electron chi connectivity index (χ3n) is 4.32. The molecule has 2 aromatic rings. The summed E-state index contributed by atoms with van der Waals surface area (Å²) in [7, 11) is -2.09. The van der Waals surface area contributed by atoms with E-state index < -0.39 is 10.0 Å². The van der Waals surface area contributed by atoms with E-state index in [2.05, 4.69) is 33.0 Å². The molecular formula is C18H21BrN2O3S. The average Bonchev–Trinajstić information content (AvgIpc) is 2.63. The molecule has 1 aliphatic heterocycles. The lowest BCUT2D eigenvalue weighted by molar-refractivity contribution is 0.181. The van der Waals surface area contributed by atoms with Crippen molar-refractivity contribution in [3.63, 3.8) is 0 Å². The molecule has 0 saturated carbocycles. The first-order chi connectivity index (χ1) is 12.0. The Bertz CT molecular complexity index is 819. The fourth-order valence-electron chi connectivity index (χ4n) is 2.96. The van der Waals surface area contributed by atoms with E-state index in [0.29, 0.717) is 31.9 Å². The molecule has 1 fully saturated rings. The third kappa shape index (κ3) is 4.23. The first-order valence-electron chi connectivity index (χ1n) is 8.10. The monoisotopic (exact) mass is 424 g/mol. The van der Waals surface area contributed by atoms with Gasteiger partial charge in [0.1, 0.15) is 10.6 Å². The summed E-state index contributed by atoms with van der Waals surface area (Å²) in [5.74, 6) is 0.370. The van der Waals surface area contributed by atoms with E-state index in [9.17, 15) is 8.42 Å². The van der Waals surface area contributed by atoms with Crippen LogP contribution >= 0.6 is 15.9 Å². The van der Waals surface area contributed by atoms with Crippen LogP contribution in [0.3, 0.4) is 0 Å². The number of halogens is 1. The van der Waals surface area contributed by atoms with Crippen molar-refractivity contribution in [1.29, 1.82) is 0 Å².